The lowest BCUT2D eigenvalue weighted by atomic mass is 9.98. The van der Waals surface area contributed by atoms with E-state index in [-0.39, 0.29) is 6.04 Å². The molecule has 2 aromatic carbocycles. The first-order valence-corrected chi connectivity index (χ1v) is 7.35. The minimum absolute atomic E-state index is 0.0650. The average molecular weight is 356 g/mol. The van der Waals surface area contributed by atoms with Crippen molar-refractivity contribution in [3.8, 4) is 5.75 Å². The third kappa shape index (κ3) is 3.52. The van der Waals surface area contributed by atoms with Gasteiger partial charge in [0.05, 0.1) is 13.2 Å². The van der Waals surface area contributed by atoms with Crippen molar-refractivity contribution in [3.05, 3.63) is 63.1 Å². The molecule has 1 atom stereocenters. The van der Waals surface area contributed by atoms with Crippen LogP contribution in [0.15, 0.2) is 46.9 Å². The molecule has 0 spiro atoms. The van der Waals surface area contributed by atoms with E-state index in [1.54, 1.807) is 7.11 Å². The average Bonchev–Trinajstić information content (AvgIpc) is 2.46. The zero-order valence-corrected chi connectivity index (χ0v) is 13.4. The van der Waals surface area contributed by atoms with Gasteiger partial charge in [-0.1, -0.05) is 51.8 Å². The molecule has 0 aromatic heterocycles. The second-order valence-corrected chi connectivity index (χ2v) is 5.72. The number of para-hydroxylation sites is 1. The van der Waals surface area contributed by atoms with E-state index < -0.39 is 0 Å². The Hall–Kier alpha value is -1.07. The van der Waals surface area contributed by atoms with Crippen LogP contribution in [0.1, 0.15) is 17.2 Å². The molecule has 106 valence electrons. The highest BCUT2D eigenvalue weighted by Crippen LogP contribution is 2.30. The quantitative estimate of drug-likeness (QED) is 0.632. The van der Waals surface area contributed by atoms with E-state index in [0.29, 0.717) is 6.42 Å². The minimum atomic E-state index is -0.0650. The summed E-state index contributed by atoms with van der Waals surface area (Å²) in [6.07, 6.45) is 0.684. The van der Waals surface area contributed by atoms with Crippen LogP contribution in [0.3, 0.4) is 0 Å². The summed E-state index contributed by atoms with van der Waals surface area (Å²) < 4.78 is 6.34. The Labute approximate surface area is 132 Å². The molecule has 0 heterocycles. The van der Waals surface area contributed by atoms with Crippen LogP contribution in [0.25, 0.3) is 0 Å². The number of hydrogen-bond acceptors (Lipinski definition) is 3. The number of hydrazine groups is 1. The van der Waals surface area contributed by atoms with E-state index in [1.807, 2.05) is 42.5 Å². The molecule has 0 aliphatic carbocycles. The summed E-state index contributed by atoms with van der Waals surface area (Å²) in [5.74, 6) is 6.51. The summed E-state index contributed by atoms with van der Waals surface area (Å²) in [6, 6.07) is 13.6. The number of nitrogens with two attached hydrogens (primary N) is 1. The molecule has 3 N–H and O–H groups in total. The first-order chi connectivity index (χ1) is 9.65. The summed E-state index contributed by atoms with van der Waals surface area (Å²) in [7, 11) is 1.65. The molecular weight excluding hydrogens is 340 g/mol. The van der Waals surface area contributed by atoms with Gasteiger partial charge in [0.2, 0.25) is 0 Å². The molecule has 2 aromatic rings. The van der Waals surface area contributed by atoms with Crippen molar-refractivity contribution in [1.29, 1.82) is 0 Å². The van der Waals surface area contributed by atoms with Gasteiger partial charge in [-0.2, -0.15) is 0 Å². The van der Waals surface area contributed by atoms with Crippen molar-refractivity contribution in [3.63, 3.8) is 0 Å². The van der Waals surface area contributed by atoms with Gasteiger partial charge in [0, 0.05) is 15.1 Å². The fraction of sp³-hybridized carbons (Fsp3) is 0.200. The molecule has 20 heavy (non-hydrogen) atoms. The number of halogens is 2. The number of hydrogen-bond donors (Lipinski definition) is 2. The molecule has 2 rings (SSSR count). The summed E-state index contributed by atoms with van der Waals surface area (Å²) in [5, 5.41) is 0.717. The lowest BCUT2D eigenvalue weighted by Gasteiger charge is -2.19. The molecular formula is C15H16BrClN2O. The van der Waals surface area contributed by atoms with Crippen molar-refractivity contribution >= 4 is 27.5 Å². The van der Waals surface area contributed by atoms with E-state index in [0.717, 1.165) is 26.4 Å². The number of rotatable bonds is 5. The second kappa shape index (κ2) is 7.09. The highest BCUT2D eigenvalue weighted by Gasteiger charge is 2.16. The maximum absolute atomic E-state index is 6.26. The third-order valence-corrected chi connectivity index (χ3v) is 4.00. The standard InChI is InChI=1S/C15H16BrClN2O/c1-20-15-5-3-2-4-12(15)14(19-18)8-10-6-7-11(16)9-13(10)17/h2-7,9,14,19H,8,18H2,1H3. The van der Waals surface area contributed by atoms with Crippen molar-refractivity contribution in [1.82, 2.24) is 5.43 Å². The van der Waals surface area contributed by atoms with Crippen LogP contribution in [0.5, 0.6) is 5.75 Å². The van der Waals surface area contributed by atoms with Gasteiger partial charge in [0.25, 0.3) is 0 Å². The van der Waals surface area contributed by atoms with E-state index in [2.05, 4.69) is 21.4 Å². The Kier molecular flexibility index (Phi) is 5.43. The molecule has 0 aliphatic rings. The summed E-state index contributed by atoms with van der Waals surface area (Å²) in [5.41, 5.74) is 4.87. The van der Waals surface area contributed by atoms with Gasteiger partial charge in [-0.15, -0.1) is 0 Å². The number of methoxy groups -OCH3 is 1. The largest absolute Gasteiger partial charge is 0.496 e. The number of benzene rings is 2. The summed E-state index contributed by atoms with van der Waals surface area (Å²) in [4.78, 5) is 0. The second-order valence-electron chi connectivity index (χ2n) is 4.40. The maximum Gasteiger partial charge on any atom is 0.123 e. The Morgan fingerprint density at radius 2 is 2.05 bits per heavy atom. The molecule has 0 aliphatic heterocycles. The van der Waals surface area contributed by atoms with Crippen molar-refractivity contribution in [2.75, 3.05) is 7.11 Å². The highest BCUT2D eigenvalue weighted by molar-refractivity contribution is 9.10. The van der Waals surface area contributed by atoms with Crippen LogP contribution in [0.4, 0.5) is 0 Å². The smallest absolute Gasteiger partial charge is 0.123 e. The van der Waals surface area contributed by atoms with Gasteiger partial charge in [-0.05, 0) is 30.2 Å². The third-order valence-electron chi connectivity index (χ3n) is 3.15. The molecule has 0 fully saturated rings. The monoisotopic (exact) mass is 354 g/mol. The topological polar surface area (TPSA) is 47.3 Å². The fourth-order valence-electron chi connectivity index (χ4n) is 2.12. The molecule has 5 heteroatoms. The van der Waals surface area contributed by atoms with Crippen molar-refractivity contribution in [2.24, 2.45) is 5.84 Å². The van der Waals surface area contributed by atoms with Gasteiger partial charge in [0.15, 0.2) is 0 Å². The van der Waals surface area contributed by atoms with Crippen LogP contribution < -0.4 is 16.0 Å². The Morgan fingerprint density at radius 1 is 1.30 bits per heavy atom. The van der Waals surface area contributed by atoms with E-state index >= 15 is 0 Å². The molecule has 0 saturated carbocycles. The first-order valence-electron chi connectivity index (χ1n) is 6.18. The minimum Gasteiger partial charge on any atom is -0.496 e. The molecule has 3 nitrogen and oxygen atoms in total. The lowest BCUT2D eigenvalue weighted by molar-refractivity contribution is 0.399. The molecule has 0 saturated heterocycles. The van der Waals surface area contributed by atoms with Crippen LogP contribution in [0, 0.1) is 0 Å². The SMILES string of the molecule is COc1ccccc1C(Cc1ccc(Br)cc1Cl)NN. The Morgan fingerprint density at radius 3 is 2.70 bits per heavy atom. The molecule has 0 radical (unpaired) electrons. The molecule has 0 bridgehead atoms. The highest BCUT2D eigenvalue weighted by atomic mass is 79.9. The number of ether oxygens (including phenoxy) is 1. The normalized spacial score (nSPS) is 12.2. The fourth-order valence-corrected chi connectivity index (χ4v) is 2.87. The summed E-state index contributed by atoms with van der Waals surface area (Å²) in [6.45, 7) is 0. The van der Waals surface area contributed by atoms with Crippen molar-refractivity contribution < 1.29 is 4.74 Å². The number of nitrogens with one attached hydrogen (secondary N) is 1. The van der Waals surface area contributed by atoms with E-state index in [4.69, 9.17) is 22.2 Å². The van der Waals surface area contributed by atoms with Gasteiger partial charge in [-0.25, -0.2) is 0 Å². The molecule has 1 unspecified atom stereocenters. The van der Waals surface area contributed by atoms with Gasteiger partial charge < -0.3 is 4.74 Å². The van der Waals surface area contributed by atoms with Gasteiger partial charge in [0.1, 0.15) is 5.75 Å². The zero-order chi connectivity index (χ0) is 14.5. The summed E-state index contributed by atoms with van der Waals surface area (Å²) >= 11 is 9.66. The van der Waals surface area contributed by atoms with Crippen LogP contribution >= 0.6 is 27.5 Å². The van der Waals surface area contributed by atoms with Crippen molar-refractivity contribution in [2.45, 2.75) is 12.5 Å². The van der Waals surface area contributed by atoms with Crippen LogP contribution in [-0.2, 0) is 6.42 Å². The van der Waals surface area contributed by atoms with Gasteiger partial charge >= 0.3 is 0 Å². The Bertz CT molecular complexity index is 592. The molecule has 0 amide bonds. The predicted molar refractivity (Wildman–Crippen MR) is 85.9 cm³/mol. The lowest BCUT2D eigenvalue weighted by Crippen LogP contribution is -2.30. The van der Waals surface area contributed by atoms with Crippen LogP contribution in [0.2, 0.25) is 5.02 Å². The van der Waals surface area contributed by atoms with Gasteiger partial charge in [-0.3, -0.25) is 11.3 Å². The van der Waals surface area contributed by atoms with Crippen LogP contribution in [-0.4, -0.2) is 7.11 Å². The Balaban J connectivity index is 2.29. The maximum atomic E-state index is 6.26. The predicted octanol–water partition coefficient (Wildman–Crippen LogP) is 3.86. The zero-order valence-electron chi connectivity index (χ0n) is 11.1. The van der Waals surface area contributed by atoms with E-state index in [9.17, 15) is 0 Å². The van der Waals surface area contributed by atoms with E-state index in [1.165, 1.54) is 0 Å². The first kappa shape index (κ1) is 15.3.